The van der Waals surface area contributed by atoms with Crippen LogP contribution < -0.4 is 10.2 Å². The second-order valence-electron chi connectivity index (χ2n) is 5.05. The minimum Gasteiger partial charge on any atom is -0.391 e. The highest BCUT2D eigenvalue weighted by atomic mass is 16.3. The van der Waals surface area contributed by atoms with Crippen molar-refractivity contribution in [2.24, 2.45) is 5.92 Å². The molecule has 1 aliphatic heterocycles. The first kappa shape index (κ1) is 12.2. The number of hydrogen-bond donors (Lipinski definition) is 2. The van der Waals surface area contributed by atoms with Crippen molar-refractivity contribution in [3.05, 3.63) is 24.3 Å². The molecule has 1 aromatic carbocycles. The zero-order valence-electron chi connectivity index (χ0n) is 10.7. The van der Waals surface area contributed by atoms with E-state index in [-0.39, 0.29) is 6.10 Å². The van der Waals surface area contributed by atoms with Gasteiger partial charge in [-0.2, -0.15) is 0 Å². The third kappa shape index (κ3) is 2.91. The topological polar surface area (TPSA) is 35.5 Å². The molecule has 1 aromatic rings. The fourth-order valence-electron chi connectivity index (χ4n) is 2.14. The summed E-state index contributed by atoms with van der Waals surface area (Å²) in [4.78, 5) is 2.29. The Morgan fingerprint density at radius 1 is 1.35 bits per heavy atom. The van der Waals surface area contributed by atoms with Crippen LogP contribution in [0.5, 0.6) is 0 Å². The van der Waals surface area contributed by atoms with Gasteiger partial charge in [-0.25, -0.2) is 0 Å². The Bertz CT molecular complexity index is 365. The van der Waals surface area contributed by atoms with E-state index in [1.54, 1.807) is 0 Å². The van der Waals surface area contributed by atoms with Gasteiger partial charge in [-0.1, -0.05) is 26.0 Å². The molecule has 1 atom stereocenters. The molecule has 0 saturated carbocycles. The number of aliphatic hydroxyl groups excluding tert-OH is 1. The first-order valence-electron chi connectivity index (χ1n) is 6.44. The van der Waals surface area contributed by atoms with Gasteiger partial charge in [-0.05, 0) is 24.5 Å². The lowest BCUT2D eigenvalue weighted by atomic mass is 10.1. The second kappa shape index (κ2) is 5.41. The molecule has 17 heavy (non-hydrogen) atoms. The number of aliphatic hydroxyl groups is 1. The number of fused-ring (bicyclic) bond motifs is 1. The molecular formula is C14H22N2O. The summed E-state index contributed by atoms with van der Waals surface area (Å²) in [5, 5.41) is 13.5. The van der Waals surface area contributed by atoms with Crippen LogP contribution in [0.4, 0.5) is 11.4 Å². The summed E-state index contributed by atoms with van der Waals surface area (Å²) < 4.78 is 0. The van der Waals surface area contributed by atoms with Crippen molar-refractivity contribution in [1.82, 2.24) is 0 Å². The molecule has 1 aliphatic rings. The Labute approximate surface area is 103 Å². The van der Waals surface area contributed by atoms with Crippen molar-refractivity contribution in [3.8, 4) is 0 Å². The van der Waals surface area contributed by atoms with Crippen LogP contribution in [-0.4, -0.2) is 30.8 Å². The molecule has 1 unspecified atom stereocenters. The first-order chi connectivity index (χ1) is 8.18. The van der Waals surface area contributed by atoms with Gasteiger partial charge in [0.1, 0.15) is 0 Å². The monoisotopic (exact) mass is 234 g/mol. The maximum absolute atomic E-state index is 10.0. The molecule has 0 fully saturated rings. The van der Waals surface area contributed by atoms with E-state index in [2.05, 4.69) is 42.3 Å². The van der Waals surface area contributed by atoms with Gasteiger partial charge in [0.25, 0.3) is 0 Å². The van der Waals surface area contributed by atoms with Crippen molar-refractivity contribution in [3.63, 3.8) is 0 Å². The molecule has 0 spiro atoms. The fourth-order valence-corrected chi connectivity index (χ4v) is 2.14. The molecule has 0 amide bonds. The molecular weight excluding hydrogens is 212 g/mol. The maximum atomic E-state index is 10.0. The van der Waals surface area contributed by atoms with E-state index < -0.39 is 0 Å². The molecule has 3 heteroatoms. The van der Waals surface area contributed by atoms with Crippen LogP contribution >= 0.6 is 0 Å². The van der Waals surface area contributed by atoms with Crippen LogP contribution in [0, 0.1) is 5.92 Å². The van der Waals surface area contributed by atoms with Crippen LogP contribution in [0.3, 0.4) is 0 Å². The Hall–Kier alpha value is -1.22. The van der Waals surface area contributed by atoms with E-state index in [0.717, 1.165) is 26.1 Å². The third-order valence-electron chi connectivity index (χ3n) is 3.34. The number of rotatable bonds is 3. The van der Waals surface area contributed by atoms with Crippen molar-refractivity contribution >= 4 is 11.4 Å². The zero-order valence-corrected chi connectivity index (χ0v) is 10.7. The van der Waals surface area contributed by atoms with Gasteiger partial charge in [-0.3, -0.25) is 0 Å². The van der Waals surface area contributed by atoms with E-state index in [9.17, 15) is 5.11 Å². The minimum atomic E-state index is -0.263. The summed E-state index contributed by atoms with van der Waals surface area (Å²) in [5.41, 5.74) is 2.39. The average molecular weight is 234 g/mol. The lowest BCUT2D eigenvalue weighted by Crippen LogP contribution is -2.35. The summed E-state index contributed by atoms with van der Waals surface area (Å²) in [6, 6.07) is 8.34. The highest BCUT2D eigenvalue weighted by molar-refractivity contribution is 5.70. The fraction of sp³-hybridized carbons (Fsp3) is 0.571. The maximum Gasteiger partial charge on any atom is 0.0737 e. The van der Waals surface area contributed by atoms with Crippen molar-refractivity contribution in [2.75, 3.05) is 29.9 Å². The Balaban J connectivity index is 2.17. The number of nitrogens with one attached hydrogen (secondary N) is 1. The minimum absolute atomic E-state index is 0.263. The Morgan fingerprint density at radius 2 is 2.12 bits per heavy atom. The van der Waals surface area contributed by atoms with E-state index in [0.29, 0.717) is 5.92 Å². The van der Waals surface area contributed by atoms with Crippen LogP contribution in [0.2, 0.25) is 0 Å². The van der Waals surface area contributed by atoms with Gasteiger partial charge in [0.05, 0.1) is 17.5 Å². The lowest BCUT2D eigenvalue weighted by molar-refractivity contribution is 0.131. The van der Waals surface area contributed by atoms with Gasteiger partial charge in [0.2, 0.25) is 0 Å². The molecule has 94 valence electrons. The lowest BCUT2D eigenvalue weighted by Gasteiger charge is -2.28. The summed E-state index contributed by atoms with van der Waals surface area (Å²) in [6.07, 6.45) is 0.848. The number of β-amino-alcohol motifs (C(OH)–C–C–N with tert-alkyl or cyclic N) is 1. The Morgan fingerprint density at radius 3 is 2.88 bits per heavy atom. The summed E-state index contributed by atoms with van der Waals surface area (Å²) in [6.45, 7) is 6.86. The smallest absolute Gasteiger partial charge is 0.0737 e. The van der Waals surface area contributed by atoms with Crippen LogP contribution in [0.15, 0.2) is 24.3 Å². The number of para-hydroxylation sites is 2. The summed E-state index contributed by atoms with van der Waals surface area (Å²) >= 11 is 0. The van der Waals surface area contributed by atoms with Gasteiger partial charge in [-0.15, -0.1) is 0 Å². The SMILES string of the molecule is CC(C)C(O)CN1CCCNc2ccccc21. The Kier molecular flexibility index (Phi) is 3.89. The van der Waals surface area contributed by atoms with E-state index in [1.165, 1.54) is 11.4 Å². The van der Waals surface area contributed by atoms with Crippen LogP contribution in [0.1, 0.15) is 20.3 Å². The number of benzene rings is 1. The van der Waals surface area contributed by atoms with Crippen molar-refractivity contribution < 1.29 is 5.11 Å². The first-order valence-corrected chi connectivity index (χ1v) is 6.44. The number of anilines is 2. The largest absolute Gasteiger partial charge is 0.391 e. The van der Waals surface area contributed by atoms with Crippen LogP contribution in [-0.2, 0) is 0 Å². The van der Waals surface area contributed by atoms with Crippen molar-refractivity contribution in [2.45, 2.75) is 26.4 Å². The van der Waals surface area contributed by atoms with Crippen molar-refractivity contribution in [1.29, 1.82) is 0 Å². The van der Waals surface area contributed by atoms with Gasteiger partial charge in [0, 0.05) is 19.6 Å². The van der Waals surface area contributed by atoms with E-state index in [1.807, 2.05) is 6.07 Å². The zero-order chi connectivity index (χ0) is 12.3. The predicted molar refractivity (Wildman–Crippen MR) is 72.6 cm³/mol. The highest BCUT2D eigenvalue weighted by Gasteiger charge is 2.19. The normalized spacial score (nSPS) is 17.3. The number of nitrogens with zero attached hydrogens (tertiary/aromatic N) is 1. The standard InChI is InChI=1S/C14H22N2O/c1-11(2)14(17)10-16-9-5-8-15-12-6-3-4-7-13(12)16/h3-4,6-7,11,14-15,17H,5,8-10H2,1-2H3. The van der Waals surface area contributed by atoms with Crippen LogP contribution in [0.25, 0.3) is 0 Å². The predicted octanol–water partition coefficient (Wildman–Crippen LogP) is 2.33. The molecule has 1 heterocycles. The summed E-state index contributed by atoms with van der Waals surface area (Å²) in [7, 11) is 0. The molecule has 0 aromatic heterocycles. The molecule has 2 rings (SSSR count). The van der Waals surface area contributed by atoms with E-state index >= 15 is 0 Å². The highest BCUT2D eigenvalue weighted by Crippen LogP contribution is 2.28. The molecule has 0 bridgehead atoms. The van der Waals surface area contributed by atoms with Gasteiger partial charge in [0.15, 0.2) is 0 Å². The molecule has 2 N–H and O–H groups in total. The number of hydrogen-bond acceptors (Lipinski definition) is 3. The van der Waals surface area contributed by atoms with Gasteiger partial charge < -0.3 is 15.3 Å². The quantitative estimate of drug-likeness (QED) is 0.842. The van der Waals surface area contributed by atoms with Gasteiger partial charge >= 0.3 is 0 Å². The second-order valence-corrected chi connectivity index (χ2v) is 5.05. The van der Waals surface area contributed by atoms with E-state index in [4.69, 9.17) is 0 Å². The third-order valence-corrected chi connectivity index (χ3v) is 3.34. The molecule has 0 radical (unpaired) electrons. The summed E-state index contributed by atoms with van der Waals surface area (Å²) in [5.74, 6) is 0.304. The molecule has 3 nitrogen and oxygen atoms in total. The average Bonchev–Trinajstić information content (AvgIpc) is 2.52. The molecule has 0 saturated heterocycles. The molecule has 0 aliphatic carbocycles.